The number of hydrogen-bond acceptors (Lipinski definition) is 4. The SMILES string of the molecule is CC(CN)C(=O)N1CCS(=O)(=O)C(C)C1C.Cl. The molecule has 0 aromatic heterocycles. The van der Waals surface area contributed by atoms with E-state index in [0.717, 1.165) is 0 Å². The Morgan fingerprint density at radius 2 is 2.00 bits per heavy atom. The molecule has 5 nitrogen and oxygen atoms in total. The van der Waals surface area contributed by atoms with Crippen molar-refractivity contribution >= 4 is 28.2 Å². The van der Waals surface area contributed by atoms with Crippen LogP contribution in [0, 0.1) is 5.92 Å². The molecule has 0 aromatic carbocycles. The molecule has 7 heteroatoms. The van der Waals surface area contributed by atoms with Gasteiger partial charge >= 0.3 is 0 Å². The van der Waals surface area contributed by atoms with Crippen molar-refractivity contribution < 1.29 is 13.2 Å². The quantitative estimate of drug-likeness (QED) is 0.776. The number of carbonyl (C=O) groups excluding carboxylic acids is 1. The molecule has 0 bridgehead atoms. The number of halogens is 1. The fraction of sp³-hybridized carbons (Fsp3) is 0.900. The Morgan fingerprint density at radius 3 is 2.47 bits per heavy atom. The minimum atomic E-state index is -3.03. The monoisotopic (exact) mass is 284 g/mol. The third-order valence-electron chi connectivity index (χ3n) is 3.41. The molecule has 0 spiro atoms. The van der Waals surface area contributed by atoms with Crippen molar-refractivity contribution in [3.63, 3.8) is 0 Å². The maximum Gasteiger partial charge on any atom is 0.226 e. The van der Waals surface area contributed by atoms with Gasteiger partial charge in [-0.3, -0.25) is 4.79 Å². The van der Waals surface area contributed by atoms with Crippen LogP contribution in [0.2, 0.25) is 0 Å². The van der Waals surface area contributed by atoms with E-state index >= 15 is 0 Å². The fourth-order valence-electron chi connectivity index (χ4n) is 1.86. The Hall–Kier alpha value is -0.330. The number of amides is 1. The molecule has 1 aliphatic rings. The molecule has 1 fully saturated rings. The number of rotatable bonds is 2. The first-order valence-electron chi connectivity index (χ1n) is 5.53. The summed E-state index contributed by atoms with van der Waals surface area (Å²) >= 11 is 0. The van der Waals surface area contributed by atoms with Gasteiger partial charge in [0.25, 0.3) is 0 Å². The summed E-state index contributed by atoms with van der Waals surface area (Å²) in [6.45, 7) is 5.79. The van der Waals surface area contributed by atoms with E-state index in [1.54, 1.807) is 25.7 Å². The van der Waals surface area contributed by atoms with E-state index in [1.807, 2.05) is 0 Å². The van der Waals surface area contributed by atoms with Crippen molar-refractivity contribution in [3.05, 3.63) is 0 Å². The van der Waals surface area contributed by atoms with Crippen molar-refractivity contribution in [2.45, 2.75) is 32.1 Å². The van der Waals surface area contributed by atoms with E-state index < -0.39 is 15.1 Å². The molecule has 1 rings (SSSR count). The van der Waals surface area contributed by atoms with E-state index in [2.05, 4.69) is 0 Å². The number of nitrogens with two attached hydrogens (primary N) is 1. The Morgan fingerprint density at radius 1 is 1.47 bits per heavy atom. The summed E-state index contributed by atoms with van der Waals surface area (Å²) < 4.78 is 23.3. The molecule has 0 saturated carbocycles. The van der Waals surface area contributed by atoms with Gasteiger partial charge in [-0.15, -0.1) is 12.4 Å². The molecule has 2 N–H and O–H groups in total. The summed E-state index contributed by atoms with van der Waals surface area (Å²) in [5.74, 6) is -0.228. The van der Waals surface area contributed by atoms with Crippen molar-refractivity contribution in [2.75, 3.05) is 18.8 Å². The highest BCUT2D eigenvalue weighted by Gasteiger charge is 2.38. The Bertz CT molecular complexity index is 372. The van der Waals surface area contributed by atoms with Gasteiger partial charge in [0, 0.05) is 25.0 Å². The highest BCUT2D eigenvalue weighted by Crippen LogP contribution is 2.20. The lowest BCUT2D eigenvalue weighted by Gasteiger charge is -2.38. The van der Waals surface area contributed by atoms with Crippen molar-refractivity contribution in [2.24, 2.45) is 11.7 Å². The zero-order chi connectivity index (χ0) is 12.5. The van der Waals surface area contributed by atoms with Crippen LogP contribution >= 0.6 is 12.4 Å². The third kappa shape index (κ3) is 3.33. The zero-order valence-corrected chi connectivity index (χ0v) is 12.1. The van der Waals surface area contributed by atoms with Gasteiger partial charge in [0.15, 0.2) is 9.84 Å². The minimum absolute atomic E-state index is 0. The van der Waals surface area contributed by atoms with E-state index in [9.17, 15) is 13.2 Å². The van der Waals surface area contributed by atoms with Crippen LogP contribution in [0.5, 0.6) is 0 Å². The number of carbonyl (C=O) groups is 1. The van der Waals surface area contributed by atoms with E-state index in [1.165, 1.54) is 0 Å². The molecule has 1 saturated heterocycles. The summed E-state index contributed by atoms with van der Waals surface area (Å²) in [6, 6.07) is -0.264. The largest absolute Gasteiger partial charge is 0.337 e. The zero-order valence-electron chi connectivity index (χ0n) is 10.4. The van der Waals surface area contributed by atoms with Crippen molar-refractivity contribution in [1.82, 2.24) is 4.90 Å². The molecule has 102 valence electrons. The fourth-order valence-corrected chi connectivity index (χ4v) is 3.43. The molecule has 0 aliphatic carbocycles. The van der Waals surface area contributed by atoms with Crippen LogP contribution < -0.4 is 5.73 Å². The van der Waals surface area contributed by atoms with Crippen LogP contribution in [0.25, 0.3) is 0 Å². The third-order valence-corrected chi connectivity index (χ3v) is 5.69. The lowest BCUT2D eigenvalue weighted by molar-refractivity contribution is -0.136. The Balaban J connectivity index is 0.00000256. The normalized spacial score (nSPS) is 29.3. The molecule has 1 heterocycles. The predicted octanol–water partition coefficient (Wildman–Crippen LogP) is 0.0370. The molecule has 3 atom stereocenters. The summed E-state index contributed by atoms with van der Waals surface area (Å²) in [5.41, 5.74) is 5.45. The highest BCUT2D eigenvalue weighted by molar-refractivity contribution is 7.92. The maximum absolute atomic E-state index is 11.9. The first-order valence-corrected chi connectivity index (χ1v) is 7.25. The average Bonchev–Trinajstić information content (AvgIpc) is 2.24. The van der Waals surface area contributed by atoms with E-state index in [-0.39, 0.29) is 42.6 Å². The maximum atomic E-state index is 11.9. The molecule has 0 aromatic rings. The van der Waals surface area contributed by atoms with Crippen LogP contribution in [0.4, 0.5) is 0 Å². The van der Waals surface area contributed by atoms with Crippen molar-refractivity contribution in [1.29, 1.82) is 0 Å². The van der Waals surface area contributed by atoms with Gasteiger partial charge in [-0.05, 0) is 13.8 Å². The van der Waals surface area contributed by atoms with Gasteiger partial charge in [-0.25, -0.2) is 8.42 Å². The lowest BCUT2D eigenvalue weighted by Crippen LogP contribution is -2.55. The Labute approximate surface area is 109 Å². The highest BCUT2D eigenvalue weighted by atomic mass is 35.5. The summed E-state index contributed by atoms with van der Waals surface area (Å²) in [4.78, 5) is 13.6. The number of sulfone groups is 1. The number of nitrogens with zero attached hydrogens (tertiary/aromatic N) is 1. The van der Waals surface area contributed by atoms with Crippen LogP contribution in [0.1, 0.15) is 20.8 Å². The van der Waals surface area contributed by atoms with Crippen LogP contribution in [0.15, 0.2) is 0 Å². The average molecular weight is 285 g/mol. The number of hydrogen-bond donors (Lipinski definition) is 1. The Kier molecular flexibility index (Phi) is 5.90. The molecule has 1 amide bonds. The molecule has 17 heavy (non-hydrogen) atoms. The second kappa shape index (κ2) is 6.02. The summed E-state index contributed by atoms with van der Waals surface area (Å²) in [7, 11) is -3.03. The molecule has 3 unspecified atom stereocenters. The first kappa shape index (κ1) is 16.7. The second-order valence-electron chi connectivity index (χ2n) is 4.48. The van der Waals surface area contributed by atoms with Crippen LogP contribution in [0.3, 0.4) is 0 Å². The van der Waals surface area contributed by atoms with E-state index in [0.29, 0.717) is 6.54 Å². The summed E-state index contributed by atoms with van der Waals surface area (Å²) in [5, 5.41) is -0.491. The molecule has 0 radical (unpaired) electrons. The molecular weight excluding hydrogens is 264 g/mol. The molecule has 1 aliphatic heterocycles. The summed E-state index contributed by atoms with van der Waals surface area (Å²) in [6.07, 6.45) is 0. The smallest absolute Gasteiger partial charge is 0.226 e. The van der Waals surface area contributed by atoms with Gasteiger partial charge in [0.1, 0.15) is 0 Å². The topological polar surface area (TPSA) is 80.5 Å². The van der Waals surface area contributed by atoms with Gasteiger partial charge in [-0.2, -0.15) is 0 Å². The van der Waals surface area contributed by atoms with E-state index in [4.69, 9.17) is 5.73 Å². The van der Waals surface area contributed by atoms with Crippen molar-refractivity contribution in [3.8, 4) is 0 Å². The predicted molar refractivity (Wildman–Crippen MR) is 69.9 cm³/mol. The first-order chi connectivity index (χ1) is 7.31. The van der Waals surface area contributed by atoms with Gasteiger partial charge < -0.3 is 10.6 Å². The van der Waals surface area contributed by atoms with Crippen LogP contribution in [-0.2, 0) is 14.6 Å². The van der Waals surface area contributed by atoms with Gasteiger partial charge in [0.2, 0.25) is 5.91 Å². The molecular formula is C10H21ClN2O3S. The van der Waals surface area contributed by atoms with Gasteiger partial charge in [-0.1, -0.05) is 6.92 Å². The lowest BCUT2D eigenvalue weighted by atomic mass is 10.1. The minimum Gasteiger partial charge on any atom is -0.337 e. The van der Waals surface area contributed by atoms with Gasteiger partial charge in [0.05, 0.1) is 11.0 Å². The standard InChI is InChI=1S/C10H20N2O3S.ClH/c1-7(6-11)10(13)12-4-5-16(14,15)9(3)8(12)2;/h7-9H,4-6,11H2,1-3H3;1H. The second-order valence-corrected chi connectivity index (χ2v) is 6.96. The van der Waals surface area contributed by atoms with Crippen LogP contribution in [-0.4, -0.2) is 49.4 Å².